The third-order valence-electron chi connectivity index (χ3n) is 5.91. The molecule has 170 valence electrons. The fourth-order valence-corrected chi connectivity index (χ4v) is 5.56. The van der Waals surface area contributed by atoms with E-state index >= 15 is 0 Å². The van der Waals surface area contributed by atoms with Crippen molar-refractivity contribution < 1.29 is 22.8 Å². The highest BCUT2D eigenvalue weighted by Gasteiger charge is 2.56. The number of carbonyl (C=O) groups is 3. The fraction of sp³-hybridized carbons (Fsp3) is 0.571. The fourth-order valence-electron chi connectivity index (χ4n) is 5.04. The van der Waals surface area contributed by atoms with Crippen LogP contribution in [0.4, 0.5) is 4.79 Å². The van der Waals surface area contributed by atoms with Gasteiger partial charge in [0, 0.05) is 6.54 Å². The highest BCUT2D eigenvalue weighted by Crippen LogP contribution is 2.46. The highest BCUT2D eigenvalue weighted by atomic mass is 32.2. The SMILES string of the molecule is C[C@@H]1CC(C)(C)C[C@@]2(C1)NC(=O)N(CC(=O)NCCc1ccc(S(N)(=O)=O)cc1)C2=O. The molecule has 2 atom stereocenters. The van der Waals surface area contributed by atoms with Gasteiger partial charge in [-0.25, -0.2) is 18.4 Å². The van der Waals surface area contributed by atoms with E-state index in [0.29, 0.717) is 25.2 Å². The molecule has 1 aliphatic heterocycles. The van der Waals surface area contributed by atoms with Crippen LogP contribution in [0.25, 0.3) is 0 Å². The number of benzene rings is 1. The van der Waals surface area contributed by atoms with Gasteiger partial charge in [-0.15, -0.1) is 0 Å². The summed E-state index contributed by atoms with van der Waals surface area (Å²) in [6.45, 7) is 6.22. The number of hydrogen-bond acceptors (Lipinski definition) is 5. The summed E-state index contributed by atoms with van der Waals surface area (Å²) in [5.74, 6) is -0.460. The minimum Gasteiger partial charge on any atom is -0.354 e. The molecule has 0 unspecified atom stereocenters. The number of carbonyl (C=O) groups excluding carboxylic acids is 3. The van der Waals surface area contributed by atoms with Crippen molar-refractivity contribution in [2.24, 2.45) is 16.5 Å². The molecule has 1 saturated carbocycles. The lowest BCUT2D eigenvalue weighted by Gasteiger charge is -2.43. The third kappa shape index (κ3) is 5.24. The maximum absolute atomic E-state index is 13.1. The molecule has 4 amide bonds. The molecule has 1 saturated heterocycles. The lowest BCUT2D eigenvalue weighted by Crippen LogP contribution is -2.54. The van der Waals surface area contributed by atoms with E-state index < -0.39 is 27.5 Å². The zero-order valence-electron chi connectivity index (χ0n) is 18.1. The molecule has 1 aromatic carbocycles. The van der Waals surface area contributed by atoms with E-state index in [-0.39, 0.29) is 29.3 Å². The Balaban J connectivity index is 1.55. The van der Waals surface area contributed by atoms with Crippen LogP contribution < -0.4 is 15.8 Å². The monoisotopic (exact) mass is 450 g/mol. The highest BCUT2D eigenvalue weighted by molar-refractivity contribution is 7.89. The van der Waals surface area contributed by atoms with Crippen LogP contribution in [0.3, 0.4) is 0 Å². The molecule has 0 bridgehead atoms. The molecule has 1 heterocycles. The van der Waals surface area contributed by atoms with E-state index in [4.69, 9.17) is 5.14 Å². The average molecular weight is 451 g/mol. The van der Waals surface area contributed by atoms with Gasteiger partial charge in [0.2, 0.25) is 15.9 Å². The molecule has 0 radical (unpaired) electrons. The van der Waals surface area contributed by atoms with Gasteiger partial charge in [-0.2, -0.15) is 0 Å². The number of sulfonamides is 1. The first-order valence-corrected chi connectivity index (χ1v) is 11.9. The van der Waals surface area contributed by atoms with Crippen molar-refractivity contribution in [2.45, 2.75) is 56.9 Å². The summed E-state index contributed by atoms with van der Waals surface area (Å²) in [6.07, 6.45) is 2.58. The number of urea groups is 1. The van der Waals surface area contributed by atoms with Gasteiger partial charge < -0.3 is 10.6 Å². The van der Waals surface area contributed by atoms with E-state index in [2.05, 4.69) is 31.4 Å². The van der Waals surface area contributed by atoms with Crippen LogP contribution >= 0.6 is 0 Å². The Bertz CT molecular complexity index is 990. The normalized spacial score (nSPS) is 25.5. The first kappa shape index (κ1) is 23.2. The van der Waals surface area contributed by atoms with E-state index in [0.717, 1.165) is 16.9 Å². The van der Waals surface area contributed by atoms with Crippen molar-refractivity contribution in [3.05, 3.63) is 29.8 Å². The molecule has 2 fully saturated rings. The van der Waals surface area contributed by atoms with Gasteiger partial charge >= 0.3 is 6.03 Å². The number of rotatable bonds is 6. The van der Waals surface area contributed by atoms with Crippen molar-refractivity contribution in [1.29, 1.82) is 0 Å². The minimum absolute atomic E-state index is 0.0213. The Hall–Kier alpha value is -2.46. The van der Waals surface area contributed by atoms with Gasteiger partial charge in [0.15, 0.2) is 0 Å². The van der Waals surface area contributed by atoms with Crippen LogP contribution in [0, 0.1) is 11.3 Å². The first-order chi connectivity index (χ1) is 14.3. The number of hydrogen-bond donors (Lipinski definition) is 3. The molecule has 1 aliphatic carbocycles. The maximum atomic E-state index is 13.1. The van der Waals surface area contributed by atoms with Gasteiger partial charge in [0.25, 0.3) is 5.91 Å². The van der Waals surface area contributed by atoms with Crippen LogP contribution in [0.5, 0.6) is 0 Å². The minimum atomic E-state index is -3.75. The second kappa shape index (κ2) is 8.23. The van der Waals surface area contributed by atoms with Crippen molar-refractivity contribution in [3.8, 4) is 0 Å². The number of nitrogens with zero attached hydrogens (tertiary/aromatic N) is 1. The average Bonchev–Trinajstić information content (AvgIpc) is 2.83. The summed E-state index contributed by atoms with van der Waals surface area (Å²) in [7, 11) is -3.75. The summed E-state index contributed by atoms with van der Waals surface area (Å²) in [6, 6.07) is 5.54. The second-order valence-electron chi connectivity index (χ2n) is 9.55. The Morgan fingerprint density at radius 3 is 2.45 bits per heavy atom. The van der Waals surface area contributed by atoms with E-state index in [1.807, 2.05) is 0 Å². The molecule has 2 aliphatic rings. The molecule has 3 rings (SSSR count). The maximum Gasteiger partial charge on any atom is 0.325 e. The lowest BCUT2D eigenvalue weighted by molar-refractivity contribution is -0.137. The van der Waals surface area contributed by atoms with Gasteiger partial charge in [-0.1, -0.05) is 32.9 Å². The molecule has 0 aromatic heterocycles. The molecule has 9 nitrogen and oxygen atoms in total. The van der Waals surface area contributed by atoms with Crippen molar-refractivity contribution in [3.63, 3.8) is 0 Å². The van der Waals surface area contributed by atoms with Gasteiger partial charge in [0.1, 0.15) is 12.1 Å². The Labute approximate surface area is 182 Å². The third-order valence-corrected chi connectivity index (χ3v) is 6.84. The quantitative estimate of drug-likeness (QED) is 0.558. The zero-order chi connectivity index (χ0) is 23.0. The number of nitrogens with one attached hydrogen (secondary N) is 2. The van der Waals surface area contributed by atoms with Crippen molar-refractivity contribution in [1.82, 2.24) is 15.5 Å². The van der Waals surface area contributed by atoms with Gasteiger partial charge in [-0.3, -0.25) is 14.5 Å². The predicted molar refractivity (Wildman–Crippen MR) is 114 cm³/mol. The van der Waals surface area contributed by atoms with E-state index in [1.54, 1.807) is 12.1 Å². The Morgan fingerprint density at radius 1 is 1.23 bits per heavy atom. The number of amides is 4. The molecule has 1 aromatic rings. The molecule has 10 heteroatoms. The smallest absolute Gasteiger partial charge is 0.325 e. The van der Waals surface area contributed by atoms with Crippen molar-refractivity contribution in [2.75, 3.05) is 13.1 Å². The lowest BCUT2D eigenvalue weighted by atomic mass is 9.64. The second-order valence-corrected chi connectivity index (χ2v) is 11.1. The predicted octanol–water partition coefficient (Wildman–Crippen LogP) is 1.13. The van der Waals surface area contributed by atoms with Crippen LogP contribution in [-0.4, -0.2) is 49.8 Å². The van der Waals surface area contributed by atoms with Gasteiger partial charge in [-0.05, 0) is 54.7 Å². The molecule has 31 heavy (non-hydrogen) atoms. The first-order valence-electron chi connectivity index (χ1n) is 10.3. The summed E-state index contributed by atoms with van der Waals surface area (Å²) >= 11 is 0. The topological polar surface area (TPSA) is 139 Å². The summed E-state index contributed by atoms with van der Waals surface area (Å²) in [4.78, 5) is 38.9. The van der Waals surface area contributed by atoms with Crippen LogP contribution in [0.15, 0.2) is 29.2 Å². The van der Waals surface area contributed by atoms with E-state index in [9.17, 15) is 22.8 Å². The Kier molecular flexibility index (Phi) is 6.16. The molecule has 4 N–H and O–H groups in total. The largest absolute Gasteiger partial charge is 0.354 e. The molecule has 1 spiro atoms. The van der Waals surface area contributed by atoms with Gasteiger partial charge in [0.05, 0.1) is 4.90 Å². The standard InChI is InChI=1S/C21H30N4O5S/c1-14-10-20(2,3)13-21(11-14)18(27)25(19(28)24-21)12-17(26)23-9-8-15-4-6-16(7-5-15)31(22,29)30/h4-7,14H,8-13H2,1-3H3,(H,23,26)(H,24,28)(H2,22,29,30)/t14-,21-/m1/s1. The summed E-state index contributed by atoms with van der Waals surface area (Å²) in [5.41, 5.74) is -0.179. The zero-order valence-corrected chi connectivity index (χ0v) is 18.9. The number of nitrogens with two attached hydrogens (primary N) is 1. The number of primary sulfonamides is 1. The van der Waals surface area contributed by atoms with Crippen LogP contribution in [-0.2, 0) is 26.0 Å². The summed E-state index contributed by atoms with van der Waals surface area (Å²) < 4.78 is 22.6. The van der Waals surface area contributed by atoms with E-state index in [1.165, 1.54) is 12.1 Å². The summed E-state index contributed by atoms with van der Waals surface area (Å²) in [5, 5.41) is 10.6. The molecular formula is C21H30N4O5S. The number of imide groups is 1. The van der Waals surface area contributed by atoms with Crippen LogP contribution in [0.2, 0.25) is 0 Å². The van der Waals surface area contributed by atoms with Crippen molar-refractivity contribution >= 4 is 27.9 Å². The molecular weight excluding hydrogens is 420 g/mol. The van der Waals surface area contributed by atoms with Crippen LogP contribution in [0.1, 0.15) is 45.6 Å². The Morgan fingerprint density at radius 2 is 1.87 bits per heavy atom.